The second kappa shape index (κ2) is 5.83. The molecule has 3 nitrogen and oxygen atoms in total. The van der Waals surface area contributed by atoms with Crippen molar-refractivity contribution >= 4 is 0 Å². The number of aliphatic hydroxyl groups excluding tert-OH is 1. The Morgan fingerprint density at radius 2 is 2.27 bits per heavy atom. The standard InChI is InChI=1S/C12H26N2O/c1-4-11-5-7-14(9-11)8-6-12(2,10-15)13-3/h11,13,15H,4-10H2,1-3H3. The van der Waals surface area contributed by atoms with E-state index in [1.807, 2.05) is 7.05 Å². The topological polar surface area (TPSA) is 35.5 Å². The lowest BCUT2D eigenvalue weighted by molar-refractivity contribution is 0.157. The average molecular weight is 214 g/mol. The second-order valence-corrected chi connectivity index (χ2v) is 5.08. The van der Waals surface area contributed by atoms with Gasteiger partial charge in [0.1, 0.15) is 0 Å². The first-order chi connectivity index (χ1) is 7.13. The lowest BCUT2D eigenvalue weighted by Crippen LogP contribution is -2.45. The van der Waals surface area contributed by atoms with Crippen molar-refractivity contribution in [2.75, 3.05) is 33.3 Å². The molecule has 1 saturated heterocycles. The van der Waals surface area contributed by atoms with Gasteiger partial charge in [-0.1, -0.05) is 13.3 Å². The van der Waals surface area contributed by atoms with Crippen molar-refractivity contribution in [3.05, 3.63) is 0 Å². The Bertz CT molecular complexity index is 180. The lowest BCUT2D eigenvalue weighted by Gasteiger charge is -2.29. The summed E-state index contributed by atoms with van der Waals surface area (Å²) in [5, 5.41) is 12.5. The number of likely N-dealkylation sites (tertiary alicyclic amines) is 1. The van der Waals surface area contributed by atoms with Crippen molar-refractivity contribution in [3.8, 4) is 0 Å². The highest BCUT2D eigenvalue weighted by Gasteiger charge is 2.25. The van der Waals surface area contributed by atoms with Crippen LogP contribution in [0.15, 0.2) is 0 Å². The maximum atomic E-state index is 9.28. The molecule has 1 aliphatic rings. The first kappa shape index (κ1) is 12.9. The zero-order valence-electron chi connectivity index (χ0n) is 10.4. The smallest absolute Gasteiger partial charge is 0.0610 e. The first-order valence-corrected chi connectivity index (χ1v) is 6.15. The summed E-state index contributed by atoms with van der Waals surface area (Å²) in [4.78, 5) is 2.53. The lowest BCUT2D eigenvalue weighted by atomic mass is 9.99. The van der Waals surface area contributed by atoms with Crippen LogP contribution in [0, 0.1) is 5.92 Å². The van der Waals surface area contributed by atoms with E-state index < -0.39 is 0 Å². The Hall–Kier alpha value is -0.120. The van der Waals surface area contributed by atoms with Crippen molar-refractivity contribution in [2.24, 2.45) is 5.92 Å². The van der Waals surface area contributed by atoms with E-state index in [1.54, 1.807) is 0 Å². The highest BCUT2D eigenvalue weighted by atomic mass is 16.3. The minimum absolute atomic E-state index is 0.107. The summed E-state index contributed by atoms with van der Waals surface area (Å²) >= 11 is 0. The van der Waals surface area contributed by atoms with Crippen molar-refractivity contribution in [3.63, 3.8) is 0 Å². The van der Waals surface area contributed by atoms with E-state index >= 15 is 0 Å². The van der Waals surface area contributed by atoms with Crippen LogP contribution in [0.5, 0.6) is 0 Å². The summed E-state index contributed by atoms with van der Waals surface area (Å²) in [5.41, 5.74) is -0.107. The first-order valence-electron chi connectivity index (χ1n) is 6.15. The fraction of sp³-hybridized carbons (Fsp3) is 1.00. The van der Waals surface area contributed by atoms with Gasteiger partial charge in [-0.25, -0.2) is 0 Å². The molecule has 2 atom stereocenters. The van der Waals surface area contributed by atoms with Crippen molar-refractivity contribution in [2.45, 2.75) is 38.6 Å². The van der Waals surface area contributed by atoms with E-state index in [9.17, 15) is 5.11 Å². The van der Waals surface area contributed by atoms with Crippen LogP contribution >= 0.6 is 0 Å². The van der Waals surface area contributed by atoms with Gasteiger partial charge in [-0.3, -0.25) is 0 Å². The Balaban J connectivity index is 2.25. The molecule has 0 bridgehead atoms. The van der Waals surface area contributed by atoms with Gasteiger partial charge < -0.3 is 15.3 Å². The Kier molecular flexibility index (Phi) is 5.03. The predicted molar refractivity (Wildman–Crippen MR) is 64.0 cm³/mol. The van der Waals surface area contributed by atoms with Crippen LogP contribution in [0.1, 0.15) is 33.1 Å². The second-order valence-electron chi connectivity index (χ2n) is 5.08. The number of hydrogen-bond acceptors (Lipinski definition) is 3. The summed E-state index contributed by atoms with van der Waals surface area (Å²) in [5.74, 6) is 0.903. The fourth-order valence-corrected chi connectivity index (χ4v) is 2.14. The Labute approximate surface area is 93.9 Å². The molecule has 2 N–H and O–H groups in total. The van der Waals surface area contributed by atoms with Gasteiger partial charge in [0.25, 0.3) is 0 Å². The molecule has 0 aliphatic carbocycles. The van der Waals surface area contributed by atoms with E-state index in [0.29, 0.717) is 0 Å². The van der Waals surface area contributed by atoms with Gasteiger partial charge in [0, 0.05) is 12.1 Å². The van der Waals surface area contributed by atoms with Crippen LogP contribution in [0.4, 0.5) is 0 Å². The third kappa shape index (κ3) is 3.74. The average Bonchev–Trinajstić information content (AvgIpc) is 2.74. The van der Waals surface area contributed by atoms with Gasteiger partial charge >= 0.3 is 0 Å². The van der Waals surface area contributed by atoms with Crippen LogP contribution in [0.2, 0.25) is 0 Å². The maximum absolute atomic E-state index is 9.28. The summed E-state index contributed by atoms with van der Waals surface area (Å²) in [6, 6.07) is 0. The summed E-state index contributed by atoms with van der Waals surface area (Å²) < 4.78 is 0. The minimum atomic E-state index is -0.107. The summed E-state index contributed by atoms with van der Waals surface area (Å²) in [7, 11) is 1.93. The third-order valence-electron chi connectivity index (χ3n) is 3.88. The molecule has 0 amide bonds. The van der Waals surface area contributed by atoms with Gasteiger partial charge in [-0.2, -0.15) is 0 Å². The molecule has 15 heavy (non-hydrogen) atoms. The molecule has 0 radical (unpaired) electrons. The number of rotatable bonds is 6. The van der Waals surface area contributed by atoms with E-state index in [4.69, 9.17) is 0 Å². The molecular formula is C12H26N2O. The third-order valence-corrected chi connectivity index (χ3v) is 3.88. The normalized spacial score (nSPS) is 26.8. The molecule has 1 fully saturated rings. The molecule has 2 unspecified atom stereocenters. The van der Waals surface area contributed by atoms with Gasteiger partial charge in [-0.15, -0.1) is 0 Å². The zero-order valence-corrected chi connectivity index (χ0v) is 10.4. The van der Waals surface area contributed by atoms with Crippen LogP contribution in [-0.2, 0) is 0 Å². The summed E-state index contributed by atoms with van der Waals surface area (Å²) in [6.07, 6.45) is 3.68. The number of nitrogens with zero attached hydrogens (tertiary/aromatic N) is 1. The van der Waals surface area contributed by atoms with Crippen molar-refractivity contribution in [1.82, 2.24) is 10.2 Å². The van der Waals surface area contributed by atoms with Crippen LogP contribution < -0.4 is 5.32 Å². The van der Waals surface area contributed by atoms with Crippen molar-refractivity contribution < 1.29 is 5.11 Å². The molecule has 90 valence electrons. The number of hydrogen-bond donors (Lipinski definition) is 2. The Morgan fingerprint density at radius 1 is 1.53 bits per heavy atom. The maximum Gasteiger partial charge on any atom is 0.0610 e. The molecule has 3 heteroatoms. The van der Waals surface area contributed by atoms with Gasteiger partial charge in [-0.05, 0) is 45.8 Å². The largest absolute Gasteiger partial charge is 0.394 e. The number of aliphatic hydroxyl groups is 1. The SMILES string of the molecule is CCC1CCN(CCC(C)(CO)NC)C1. The van der Waals surface area contributed by atoms with E-state index in [2.05, 4.69) is 24.1 Å². The highest BCUT2D eigenvalue weighted by Crippen LogP contribution is 2.20. The van der Waals surface area contributed by atoms with E-state index in [1.165, 1.54) is 25.9 Å². The fourth-order valence-electron chi connectivity index (χ4n) is 2.14. The molecule has 1 aliphatic heterocycles. The number of nitrogens with one attached hydrogen (secondary N) is 1. The molecule has 0 saturated carbocycles. The summed E-state index contributed by atoms with van der Waals surface area (Å²) in [6.45, 7) is 8.17. The van der Waals surface area contributed by atoms with Crippen LogP contribution in [0.25, 0.3) is 0 Å². The molecular weight excluding hydrogens is 188 g/mol. The van der Waals surface area contributed by atoms with Gasteiger partial charge in [0.05, 0.1) is 6.61 Å². The monoisotopic (exact) mass is 214 g/mol. The predicted octanol–water partition coefficient (Wildman–Crippen LogP) is 1.08. The molecule has 0 aromatic rings. The van der Waals surface area contributed by atoms with Crippen molar-refractivity contribution in [1.29, 1.82) is 0 Å². The van der Waals surface area contributed by atoms with E-state index in [-0.39, 0.29) is 12.1 Å². The molecule has 1 rings (SSSR count). The molecule has 1 heterocycles. The Morgan fingerprint density at radius 3 is 2.73 bits per heavy atom. The molecule has 0 aromatic heterocycles. The van der Waals surface area contributed by atoms with E-state index in [0.717, 1.165) is 18.9 Å². The van der Waals surface area contributed by atoms with Gasteiger partial charge in [0.15, 0.2) is 0 Å². The molecule has 0 spiro atoms. The van der Waals surface area contributed by atoms with Crippen LogP contribution in [-0.4, -0.2) is 48.8 Å². The number of likely N-dealkylation sites (N-methyl/N-ethyl adjacent to an activating group) is 1. The quantitative estimate of drug-likeness (QED) is 0.694. The minimum Gasteiger partial charge on any atom is -0.394 e. The highest BCUT2D eigenvalue weighted by molar-refractivity contribution is 4.83. The van der Waals surface area contributed by atoms with Crippen LogP contribution in [0.3, 0.4) is 0 Å². The zero-order chi connectivity index (χ0) is 11.3. The van der Waals surface area contributed by atoms with Gasteiger partial charge in [0.2, 0.25) is 0 Å². The molecule has 0 aromatic carbocycles.